The summed E-state index contributed by atoms with van der Waals surface area (Å²) in [6.45, 7) is 0.932. The molecule has 1 aromatic heterocycles. The van der Waals surface area contributed by atoms with Crippen molar-refractivity contribution in [2.75, 3.05) is 0 Å². The molecule has 66 valence electrons. The molecule has 2 rings (SSSR count). The van der Waals surface area contributed by atoms with Crippen LogP contribution < -0.4 is 0 Å². The molecular weight excluding hydrogens is 154 g/mol. The third-order valence-electron chi connectivity index (χ3n) is 2.21. The minimum Gasteiger partial charge on any atom is -0.390 e. The van der Waals surface area contributed by atoms with Crippen LogP contribution in [0.1, 0.15) is 25.0 Å². The van der Waals surface area contributed by atoms with Crippen molar-refractivity contribution in [3.63, 3.8) is 0 Å². The number of hydrogen-bond acceptors (Lipinski definition) is 3. The molecular formula is C8H13N3O. The Morgan fingerprint density at radius 2 is 2.42 bits per heavy atom. The van der Waals surface area contributed by atoms with E-state index < -0.39 is 0 Å². The molecule has 1 aromatic rings. The van der Waals surface area contributed by atoms with Crippen LogP contribution in [0.25, 0.3) is 0 Å². The molecule has 12 heavy (non-hydrogen) atoms. The third-order valence-corrected chi connectivity index (χ3v) is 2.21. The van der Waals surface area contributed by atoms with E-state index in [2.05, 4.69) is 10.3 Å². The van der Waals surface area contributed by atoms with Crippen molar-refractivity contribution in [1.82, 2.24) is 15.0 Å². The number of aromatic nitrogens is 3. The molecule has 0 amide bonds. The van der Waals surface area contributed by atoms with E-state index in [0.29, 0.717) is 5.69 Å². The second kappa shape index (κ2) is 3.23. The van der Waals surface area contributed by atoms with Gasteiger partial charge in [-0.3, -0.25) is 4.68 Å². The molecule has 0 unspecified atom stereocenters. The summed E-state index contributed by atoms with van der Waals surface area (Å²) < 4.78 is 1.81. The lowest BCUT2D eigenvalue weighted by Crippen LogP contribution is -1.99. The van der Waals surface area contributed by atoms with Crippen LogP contribution >= 0.6 is 0 Å². The summed E-state index contributed by atoms with van der Waals surface area (Å²) in [6, 6.07) is 0. The maximum absolute atomic E-state index is 8.72. The SMILES string of the molecule is OCc1cn(CCC2CC2)nn1. The molecule has 4 nitrogen and oxygen atoms in total. The Hall–Kier alpha value is -0.900. The molecule has 0 atom stereocenters. The Balaban J connectivity index is 1.84. The first-order valence-electron chi connectivity index (χ1n) is 4.38. The van der Waals surface area contributed by atoms with Gasteiger partial charge in [-0.25, -0.2) is 0 Å². The van der Waals surface area contributed by atoms with Crippen LogP contribution in [-0.4, -0.2) is 20.1 Å². The van der Waals surface area contributed by atoms with Crippen LogP contribution in [0.3, 0.4) is 0 Å². The van der Waals surface area contributed by atoms with E-state index >= 15 is 0 Å². The summed E-state index contributed by atoms with van der Waals surface area (Å²) in [5, 5.41) is 16.4. The van der Waals surface area contributed by atoms with Gasteiger partial charge in [-0.1, -0.05) is 18.1 Å². The Labute approximate surface area is 71.2 Å². The van der Waals surface area contributed by atoms with E-state index in [1.807, 2.05) is 10.9 Å². The van der Waals surface area contributed by atoms with Crippen LogP contribution in [0.2, 0.25) is 0 Å². The molecule has 1 aliphatic rings. The lowest BCUT2D eigenvalue weighted by molar-refractivity contribution is 0.276. The number of aryl methyl sites for hydroxylation is 1. The van der Waals surface area contributed by atoms with Gasteiger partial charge >= 0.3 is 0 Å². The predicted molar refractivity (Wildman–Crippen MR) is 43.3 cm³/mol. The normalized spacial score (nSPS) is 16.8. The zero-order valence-corrected chi connectivity index (χ0v) is 6.98. The smallest absolute Gasteiger partial charge is 0.108 e. The van der Waals surface area contributed by atoms with Crippen LogP contribution in [0.5, 0.6) is 0 Å². The molecule has 0 radical (unpaired) electrons. The molecule has 0 aromatic carbocycles. The van der Waals surface area contributed by atoms with Crippen molar-refractivity contribution in [2.45, 2.75) is 32.4 Å². The minimum absolute atomic E-state index is 0.0105. The van der Waals surface area contributed by atoms with Crippen molar-refractivity contribution in [3.8, 4) is 0 Å². The van der Waals surface area contributed by atoms with Crippen LogP contribution in [0.15, 0.2) is 6.20 Å². The molecule has 1 aliphatic carbocycles. The van der Waals surface area contributed by atoms with E-state index in [9.17, 15) is 0 Å². The molecule has 1 saturated carbocycles. The molecule has 4 heteroatoms. The van der Waals surface area contributed by atoms with E-state index in [1.54, 1.807) is 0 Å². The molecule has 0 aliphatic heterocycles. The fraction of sp³-hybridized carbons (Fsp3) is 0.750. The van der Waals surface area contributed by atoms with Gasteiger partial charge in [0, 0.05) is 6.54 Å². The highest BCUT2D eigenvalue weighted by molar-refractivity contribution is 4.89. The zero-order valence-electron chi connectivity index (χ0n) is 6.98. The summed E-state index contributed by atoms with van der Waals surface area (Å²) in [4.78, 5) is 0. The first-order valence-corrected chi connectivity index (χ1v) is 4.38. The lowest BCUT2D eigenvalue weighted by Gasteiger charge is -1.96. The largest absolute Gasteiger partial charge is 0.390 e. The fourth-order valence-corrected chi connectivity index (χ4v) is 1.24. The molecule has 0 saturated heterocycles. The van der Waals surface area contributed by atoms with Crippen molar-refractivity contribution in [3.05, 3.63) is 11.9 Å². The predicted octanol–water partition coefficient (Wildman–Crippen LogP) is 0.571. The summed E-state index contributed by atoms with van der Waals surface area (Å²) in [6.07, 6.45) is 5.76. The van der Waals surface area contributed by atoms with Gasteiger partial charge in [0.15, 0.2) is 0 Å². The van der Waals surface area contributed by atoms with Gasteiger partial charge in [0.05, 0.1) is 12.8 Å². The number of aliphatic hydroxyl groups is 1. The van der Waals surface area contributed by atoms with E-state index in [-0.39, 0.29) is 6.61 Å². The monoisotopic (exact) mass is 167 g/mol. The number of aliphatic hydroxyl groups excluding tert-OH is 1. The summed E-state index contributed by atoms with van der Waals surface area (Å²) >= 11 is 0. The number of rotatable bonds is 4. The average Bonchev–Trinajstić information content (AvgIpc) is 2.81. The van der Waals surface area contributed by atoms with Gasteiger partial charge in [-0.2, -0.15) is 0 Å². The maximum atomic E-state index is 8.72. The molecule has 1 N–H and O–H groups in total. The highest BCUT2D eigenvalue weighted by Gasteiger charge is 2.20. The Morgan fingerprint density at radius 1 is 1.58 bits per heavy atom. The first kappa shape index (κ1) is 7.73. The van der Waals surface area contributed by atoms with Gasteiger partial charge in [-0.15, -0.1) is 5.10 Å². The molecule has 1 fully saturated rings. The third kappa shape index (κ3) is 1.82. The van der Waals surface area contributed by atoms with Crippen molar-refractivity contribution >= 4 is 0 Å². The fourth-order valence-electron chi connectivity index (χ4n) is 1.24. The van der Waals surface area contributed by atoms with Crippen LogP contribution in [-0.2, 0) is 13.2 Å². The molecule has 0 spiro atoms. The number of hydrogen-bond donors (Lipinski definition) is 1. The minimum atomic E-state index is -0.0105. The topological polar surface area (TPSA) is 50.9 Å². The van der Waals surface area contributed by atoms with E-state index in [4.69, 9.17) is 5.11 Å². The summed E-state index contributed by atoms with van der Waals surface area (Å²) in [5.74, 6) is 0.923. The highest BCUT2D eigenvalue weighted by Crippen LogP contribution is 2.32. The second-order valence-electron chi connectivity index (χ2n) is 3.36. The van der Waals surface area contributed by atoms with Crippen molar-refractivity contribution in [1.29, 1.82) is 0 Å². The Bertz CT molecular complexity index is 255. The zero-order chi connectivity index (χ0) is 8.39. The quantitative estimate of drug-likeness (QED) is 0.713. The van der Waals surface area contributed by atoms with Gasteiger partial charge in [-0.05, 0) is 12.3 Å². The van der Waals surface area contributed by atoms with Gasteiger partial charge in [0.2, 0.25) is 0 Å². The highest BCUT2D eigenvalue weighted by atomic mass is 16.3. The van der Waals surface area contributed by atoms with E-state index in [0.717, 1.165) is 12.5 Å². The Kier molecular flexibility index (Phi) is 2.08. The van der Waals surface area contributed by atoms with E-state index in [1.165, 1.54) is 19.3 Å². The standard InChI is InChI=1S/C8H13N3O/c12-6-8-5-11(10-9-8)4-3-7-1-2-7/h5,7,12H,1-4,6H2. The van der Waals surface area contributed by atoms with Gasteiger partial charge in [0.1, 0.15) is 5.69 Å². The van der Waals surface area contributed by atoms with Crippen LogP contribution in [0.4, 0.5) is 0 Å². The van der Waals surface area contributed by atoms with Crippen LogP contribution in [0, 0.1) is 5.92 Å². The second-order valence-corrected chi connectivity index (χ2v) is 3.36. The van der Waals surface area contributed by atoms with Crippen molar-refractivity contribution < 1.29 is 5.11 Å². The van der Waals surface area contributed by atoms with Gasteiger partial charge in [0.25, 0.3) is 0 Å². The summed E-state index contributed by atoms with van der Waals surface area (Å²) in [5.41, 5.74) is 0.658. The molecule has 0 bridgehead atoms. The van der Waals surface area contributed by atoms with Gasteiger partial charge < -0.3 is 5.11 Å². The molecule has 1 heterocycles. The lowest BCUT2D eigenvalue weighted by atomic mass is 10.3. The van der Waals surface area contributed by atoms with Crippen molar-refractivity contribution in [2.24, 2.45) is 5.92 Å². The Morgan fingerprint density at radius 3 is 3.00 bits per heavy atom. The number of nitrogens with zero attached hydrogens (tertiary/aromatic N) is 3. The summed E-state index contributed by atoms with van der Waals surface area (Å²) in [7, 11) is 0. The first-order chi connectivity index (χ1) is 5.88. The maximum Gasteiger partial charge on any atom is 0.108 e. The average molecular weight is 167 g/mol.